The van der Waals surface area contributed by atoms with Crippen LogP contribution in [-0.4, -0.2) is 26.2 Å². The summed E-state index contributed by atoms with van der Waals surface area (Å²) in [6.07, 6.45) is 1.01. The highest BCUT2D eigenvalue weighted by Gasteiger charge is 2.20. The number of hydrogen-bond acceptors (Lipinski definition) is 2. The maximum absolute atomic E-state index is 3.66. The molecule has 1 radical (unpaired) electrons. The first-order valence-corrected chi connectivity index (χ1v) is 8.90. The molecule has 2 nitrogen and oxygen atoms in total. The Hall–Kier alpha value is -1.96. The van der Waals surface area contributed by atoms with E-state index in [2.05, 4.69) is 73.9 Å². The van der Waals surface area contributed by atoms with Crippen molar-refractivity contribution in [2.45, 2.75) is 34.1 Å². The van der Waals surface area contributed by atoms with Crippen LogP contribution in [0.5, 0.6) is 0 Å². The van der Waals surface area contributed by atoms with Crippen LogP contribution in [0.2, 0.25) is 0 Å². The van der Waals surface area contributed by atoms with Crippen LogP contribution in [0.3, 0.4) is 0 Å². The van der Waals surface area contributed by atoms with Gasteiger partial charge in [0.2, 0.25) is 0 Å². The van der Waals surface area contributed by atoms with Gasteiger partial charge in [0, 0.05) is 43.6 Å². The number of fused-ring (bicyclic) bond motifs is 3. The first-order valence-electron chi connectivity index (χ1n) is 8.90. The van der Waals surface area contributed by atoms with E-state index in [1.54, 1.807) is 0 Å². The minimum atomic E-state index is 1.01. The third-order valence-electron chi connectivity index (χ3n) is 4.99. The predicted octanol–water partition coefficient (Wildman–Crippen LogP) is 4.75. The topological polar surface area (TPSA) is 6.48 Å². The van der Waals surface area contributed by atoms with Crippen LogP contribution in [-0.2, 0) is 6.42 Å². The van der Waals surface area contributed by atoms with Crippen LogP contribution >= 0.6 is 0 Å². The molecule has 0 spiro atoms. The zero-order valence-corrected chi connectivity index (χ0v) is 14.8. The Morgan fingerprint density at radius 1 is 0.826 bits per heavy atom. The van der Waals surface area contributed by atoms with E-state index in [-0.39, 0.29) is 0 Å². The van der Waals surface area contributed by atoms with Crippen molar-refractivity contribution < 1.29 is 0 Å². The van der Waals surface area contributed by atoms with Crippen molar-refractivity contribution in [2.24, 2.45) is 0 Å². The highest BCUT2D eigenvalue weighted by molar-refractivity contribution is 5.80. The maximum Gasteiger partial charge on any atom is 0.0449 e. The fourth-order valence-electron chi connectivity index (χ4n) is 3.63. The summed E-state index contributed by atoms with van der Waals surface area (Å²) in [5.41, 5.74) is 8.11. The molecule has 0 saturated carbocycles. The molecule has 0 saturated heterocycles. The Kier molecular flexibility index (Phi) is 4.61. The highest BCUT2D eigenvalue weighted by atomic mass is 15.1. The molecule has 1 aliphatic carbocycles. The first kappa shape index (κ1) is 15.9. The molecule has 0 aliphatic heterocycles. The van der Waals surface area contributed by atoms with E-state index >= 15 is 0 Å². The monoisotopic (exact) mass is 307 g/mol. The van der Waals surface area contributed by atoms with E-state index in [0.29, 0.717) is 0 Å². The second-order valence-corrected chi connectivity index (χ2v) is 6.10. The number of rotatable bonds is 6. The summed E-state index contributed by atoms with van der Waals surface area (Å²) < 4.78 is 0. The summed E-state index contributed by atoms with van der Waals surface area (Å²) in [4.78, 5) is 4.78. The largest absolute Gasteiger partial charge is 0.372 e. The molecule has 0 unspecified atom stereocenters. The summed E-state index contributed by atoms with van der Waals surface area (Å²) in [7, 11) is 0. The molecule has 121 valence electrons. The first-order chi connectivity index (χ1) is 11.2. The van der Waals surface area contributed by atoms with Crippen LogP contribution in [0.4, 0.5) is 11.4 Å². The molecule has 3 rings (SSSR count). The number of hydrogen-bond donors (Lipinski definition) is 0. The van der Waals surface area contributed by atoms with E-state index in [1.807, 2.05) is 0 Å². The van der Waals surface area contributed by atoms with Crippen molar-refractivity contribution in [1.82, 2.24) is 0 Å². The smallest absolute Gasteiger partial charge is 0.0449 e. The molecule has 2 aromatic rings. The van der Waals surface area contributed by atoms with Gasteiger partial charge in [0.1, 0.15) is 0 Å². The van der Waals surface area contributed by atoms with Crippen LogP contribution in [0.1, 0.15) is 38.8 Å². The number of anilines is 2. The summed E-state index contributed by atoms with van der Waals surface area (Å²) in [5, 5.41) is 0. The summed E-state index contributed by atoms with van der Waals surface area (Å²) in [6.45, 7) is 13.0. The molecule has 0 bridgehead atoms. The van der Waals surface area contributed by atoms with Gasteiger partial charge < -0.3 is 9.80 Å². The molecule has 23 heavy (non-hydrogen) atoms. The van der Waals surface area contributed by atoms with E-state index in [0.717, 1.165) is 32.6 Å². The molecule has 0 heterocycles. The van der Waals surface area contributed by atoms with Crippen LogP contribution in [0.25, 0.3) is 11.1 Å². The molecular formula is C21H27N2. The van der Waals surface area contributed by atoms with Crippen molar-refractivity contribution in [3.8, 4) is 11.1 Å². The van der Waals surface area contributed by atoms with E-state index in [4.69, 9.17) is 0 Å². The van der Waals surface area contributed by atoms with Crippen molar-refractivity contribution in [3.63, 3.8) is 0 Å². The molecule has 0 atom stereocenters. The third-order valence-corrected chi connectivity index (χ3v) is 4.99. The van der Waals surface area contributed by atoms with Gasteiger partial charge in [-0.25, -0.2) is 0 Å². The molecule has 2 aromatic carbocycles. The summed E-state index contributed by atoms with van der Waals surface area (Å²) in [5.74, 6) is 0. The van der Waals surface area contributed by atoms with Gasteiger partial charge in [-0.05, 0) is 74.6 Å². The second kappa shape index (κ2) is 6.66. The number of nitrogens with zero attached hydrogens (tertiary/aromatic N) is 2. The van der Waals surface area contributed by atoms with Gasteiger partial charge in [-0.3, -0.25) is 0 Å². The second-order valence-electron chi connectivity index (χ2n) is 6.10. The molecular weight excluding hydrogens is 280 g/mol. The highest BCUT2D eigenvalue weighted by Crippen LogP contribution is 2.39. The fraction of sp³-hybridized carbons (Fsp3) is 0.429. The van der Waals surface area contributed by atoms with Crippen LogP contribution in [0, 0.1) is 6.07 Å². The summed E-state index contributed by atoms with van der Waals surface area (Å²) >= 11 is 0. The van der Waals surface area contributed by atoms with Crippen LogP contribution in [0.15, 0.2) is 30.3 Å². The molecule has 0 amide bonds. The van der Waals surface area contributed by atoms with Crippen molar-refractivity contribution in [3.05, 3.63) is 47.5 Å². The lowest BCUT2D eigenvalue weighted by atomic mass is 10.0. The van der Waals surface area contributed by atoms with E-state index in [1.165, 1.54) is 33.6 Å². The maximum atomic E-state index is 3.66. The Bertz CT molecular complexity index is 623. The average molecular weight is 307 g/mol. The Morgan fingerprint density at radius 3 is 2.13 bits per heavy atom. The third kappa shape index (κ3) is 2.83. The van der Waals surface area contributed by atoms with Gasteiger partial charge in [0.25, 0.3) is 0 Å². The van der Waals surface area contributed by atoms with Gasteiger partial charge in [0.15, 0.2) is 0 Å². The fourth-order valence-corrected chi connectivity index (χ4v) is 3.63. The van der Waals surface area contributed by atoms with Gasteiger partial charge >= 0.3 is 0 Å². The Morgan fingerprint density at radius 2 is 1.48 bits per heavy atom. The van der Waals surface area contributed by atoms with Crippen molar-refractivity contribution in [2.75, 3.05) is 36.0 Å². The summed E-state index contributed by atoms with van der Waals surface area (Å²) in [6, 6.07) is 15.1. The lowest BCUT2D eigenvalue weighted by molar-refractivity contribution is 0.864. The standard InChI is InChI=1S/C21H27N2/c1-5-22(6-2)18-9-11-20-16(14-18)13-17-15-19(10-12-21(17)20)23(7-3)8-4/h9-12,14H,5-8,13H2,1-4H3. The molecule has 0 aromatic heterocycles. The van der Waals surface area contributed by atoms with E-state index < -0.39 is 0 Å². The van der Waals surface area contributed by atoms with E-state index in [9.17, 15) is 0 Å². The lowest BCUT2D eigenvalue weighted by Crippen LogP contribution is -2.21. The van der Waals surface area contributed by atoms with Gasteiger partial charge in [-0.2, -0.15) is 0 Å². The van der Waals surface area contributed by atoms with Crippen molar-refractivity contribution in [1.29, 1.82) is 0 Å². The minimum Gasteiger partial charge on any atom is -0.372 e. The van der Waals surface area contributed by atoms with Crippen molar-refractivity contribution >= 4 is 11.4 Å². The molecule has 1 aliphatic rings. The Balaban J connectivity index is 1.94. The quantitative estimate of drug-likeness (QED) is 0.648. The lowest BCUT2D eigenvalue weighted by Gasteiger charge is -2.21. The number of benzene rings is 2. The molecule has 0 fully saturated rings. The average Bonchev–Trinajstić information content (AvgIpc) is 2.94. The molecule has 2 heteroatoms. The van der Waals surface area contributed by atoms with Gasteiger partial charge in [0.05, 0.1) is 0 Å². The van der Waals surface area contributed by atoms with Gasteiger partial charge in [-0.1, -0.05) is 12.1 Å². The molecule has 0 N–H and O–H groups in total. The predicted molar refractivity (Wildman–Crippen MR) is 101 cm³/mol. The van der Waals surface area contributed by atoms with Gasteiger partial charge in [-0.15, -0.1) is 0 Å². The minimum absolute atomic E-state index is 1.01. The zero-order chi connectivity index (χ0) is 16.4. The Labute approximate surface area is 140 Å². The normalized spacial score (nSPS) is 12.0. The zero-order valence-electron chi connectivity index (χ0n) is 14.8. The van der Waals surface area contributed by atoms with Crippen LogP contribution < -0.4 is 9.80 Å². The SMILES string of the molecule is CCN(CC)c1[c]c2c(cc1)-c1ccc(N(CC)CC)cc1C2.